The molecule has 0 amide bonds. The van der Waals surface area contributed by atoms with Crippen molar-refractivity contribution >= 4 is 22.7 Å². The summed E-state index contributed by atoms with van der Waals surface area (Å²) in [6.45, 7) is 0.169. The first-order chi connectivity index (χ1) is 22.3. The van der Waals surface area contributed by atoms with Crippen LogP contribution in [0.15, 0.2) is 61.3 Å². The van der Waals surface area contributed by atoms with Crippen molar-refractivity contribution in [3.63, 3.8) is 0 Å². The normalized spacial score (nSPS) is 11.0. The van der Waals surface area contributed by atoms with E-state index in [1.54, 1.807) is 24.3 Å². The number of unbranched alkanes of at least 4 members (excludes halogenated alkanes) is 1. The fourth-order valence-corrected chi connectivity index (χ4v) is 5.39. The molecule has 2 heterocycles. The smallest absolute Gasteiger partial charge is 0.276 e. The van der Waals surface area contributed by atoms with Gasteiger partial charge in [0.05, 0.1) is 47.7 Å². The predicted molar refractivity (Wildman–Crippen MR) is 166 cm³/mol. The van der Waals surface area contributed by atoms with Gasteiger partial charge in [-0.2, -0.15) is 0 Å². The van der Waals surface area contributed by atoms with Crippen molar-refractivity contribution in [1.29, 1.82) is 0 Å². The van der Waals surface area contributed by atoms with Gasteiger partial charge in [0, 0.05) is 29.5 Å². The molecule has 46 heavy (non-hydrogen) atoms. The van der Waals surface area contributed by atoms with E-state index >= 15 is 0 Å². The summed E-state index contributed by atoms with van der Waals surface area (Å²) in [6, 6.07) is 9.60. The molecule has 14 heteroatoms. The van der Waals surface area contributed by atoms with Gasteiger partial charge in [-0.15, -0.1) is 10.2 Å². The first-order valence-corrected chi connectivity index (χ1v) is 14.9. The number of fused-ring (bicyclic) bond motifs is 1. The van der Waals surface area contributed by atoms with Crippen molar-refractivity contribution in [3.8, 4) is 57.3 Å². The Morgan fingerprint density at radius 3 is 2.17 bits per heavy atom. The Bertz CT molecular complexity index is 1890. The van der Waals surface area contributed by atoms with Gasteiger partial charge in [-0.25, -0.2) is 8.78 Å². The second kappa shape index (κ2) is 14.4. The minimum Gasteiger partial charge on any atom is -0.496 e. The second-order valence-corrected chi connectivity index (χ2v) is 10.7. The highest BCUT2D eigenvalue weighted by Gasteiger charge is 2.24. The predicted octanol–water partition coefficient (Wildman–Crippen LogP) is 6.78. The fourth-order valence-electron chi connectivity index (χ4n) is 4.63. The zero-order valence-corrected chi connectivity index (χ0v) is 26.4. The lowest BCUT2D eigenvalue weighted by atomic mass is 10.1. The number of hydrogen-bond donors (Lipinski definition) is 0. The first kappa shape index (κ1) is 32.4. The van der Waals surface area contributed by atoms with Gasteiger partial charge < -0.3 is 37.3 Å². The standard InChI is InChI=1S/C32H30F2N2O9S/c1-38-19-15-22(39-2)26-23(16-19)44-28(17-12-24(40-3)29(42-5)25(13-17)41-4)30(27(26)37)43-10-6-7-11-46-32-36-35-31(45-32)20-9-8-18(33)14-21(20)34/h8-9,12-16H,6-7,10-11H2,1-5H3. The van der Waals surface area contributed by atoms with Crippen LogP contribution in [0.25, 0.3) is 33.7 Å². The summed E-state index contributed by atoms with van der Waals surface area (Å²) in [6.07, 6.45) is 1.19. The van der Waals surface area contributed by atoms with Crippen molar-refractivity contribution in [3.05, 3.63) is 64.3 Å². The molecule has 0 radical (unpaired) electrons. The molecule has 0 N–H and O–H groups in total. The van der Waals surface area contributed by atoms with E-state index in [2.05, 4.69) is 10.2 Å². The van der Waals surface area contributed by atoms with Gasteiger partial charge in [-0.1, -0.05) is 11.8 Å². The van der Waals surface area contributed by atoms with E-state index in [4.69, 9.17) is 37.3 Å². The number of nitrogens with zero attached hydrogens (tertiary/aromatic N) is 2. The van der Waals surface area contributed by atoms with Crippen LogP contribution in [0, 0.1) is 11.6 Å². The number of ether oxygens (including phenoxy) is 6. The largest absolute Gasteiger partial charge is 0.496 e. The molecule has 2 aromatic heterocycles. The number of thioether (sulfide) groups is 1. The molecule has 0 aliphatic rings. The third kappa shape index (κ3) is 6.66. The zero-order valence-electron chi connectivity index (χ0n) is 25.6. The fraction of sp³-hybridized carbons (Fsp3) is 0.281. The van der Waals surface area contributed by atoms with Crippen molar-refractivity contribution < 1.29 is 46.0 Å². The number of hydrogen-bond acceptors (Lipinski definition) is 12. The Kier molecular flexibility index (Phi) is 10.2. The number of benzene rings is 3. The summed E-state index contributed by atoms with van der Waals surface area (Å²) in [5.41, 5.74) is 0.255. The summed E-state index contributed by atoms with van der Waals surface area (Å²) < 4.78 is 72.5. The molecule has 0 fully saturated rings. The van der Waals surface area contributed by atoms with Gasteiger partial charge in [0.15, 0.2) is 17.3 Å². The molecular formula is C32H30F2N2O9S. The van der Waals surface area contributed by atoms with E-state index < -0.39 is 17.1 Å². The molecule has 5 aromatic rings. The van der Waals surface area contributed by atoms with Crippen LogP contribution in [-0.4, -0.2) is 58.1 Å². The van der Waals surface area contributed by atoms with Crippen molar-refractivity contribution in [2.45, 2.75) is 18.1 Å². The number of methoxy groups -OCH3 is 5. The summed E-state index contributed by atoms with van der Waals surface area (Å²) in [7, 11) is 7.40. The van der Waals surface area contributed by atoms with E-state index in [-0.39, 0.29) is 51.5 Å². The average molecular weight is 657 g/mol. The third-order valence-corrected chi connectivity index (χ3v) is 7.76. The second-order valence-electron chi connectivity index (χ2n) is 9.61. The number of aromatic nitrogens is 2. The van der Waals surface area contributed by atoms with Gasteiger partial charge in [0.2, 0.25) is 16.9 Å². The van der Waals surface area contributed by atoms with Crippen LogP contribution < -0.4 is 33.8 Å². The zero-order chi connectivity index (χ0) is 32.8. The highest BCUT2D eigenvalue weighted by Crippen LogP contribution is 2.44. The molecule has 0 aliphatic heterocycles. The quantitative estimate of drug-likeness (QED) is 0.0924. The van der Waals surface area contributed by atoms with Crippen LogP contribution in [0.3, 0.4) is 0 Å². The Morgan fingerprint density at radius 2 is 1.52 bits per heavy atom. The maximum absolute atomic E-state index is 14.1. The van der Waals surface area contributed by atoms with Crippen LogP contribution in [-0.2, 0) is 0 Å². The maximum Gasteiger partial charge on any atom is 0.276 e. The Balaban J connectivity index is 1.37. The summed E-state index contributed by atoms with van der Waals surface area (Å²) in [5, 5.41) is 8.21. The molecule has 0 aliphatic carbocycles. The van der Waals surface area contributed by atoms with Crippen LogP contribution in [0.4, 0.5) is 8.78 Å². The highest BCUT2D eigenvalue weighted by molar-refractivity contribution is 7.99. The third-order valence-electron chi connectivity index (χ3n) is 6.85. The SMILES string of the molecule is COc1cc(OC)c2c(=O)c(OCCCCSc3nnc(-c4ccc(F)cc4F)o3)c(-c3cc(OC)c(OC)c(OC)c3)oc2c1. The molecule has 242 valence electrons. The van der Waals surface area contributed by atoms with E-state index in [9.17, 15) is 13.6 Å². The van der Waals surface area contributed by atoms with Crippen molar-refractivity contribution in [1.82, 2.24) is 10.2 Å². The lowest BCUT2D eigenvalue weighted by molar-refractivity contribution is 0.301. The molecule has 11 nitrogen and oxygen atoms in total. The van der Waals surface area contributed by atoms with E-state index in [1.807, 2.05) is 0 Å². The van der Waals surface area contributed by atoms with Gasteiger partial charge in [0.1, 0.15) is 34.1 Å². The summed E-state index contributed by atoms with van der Waals surface area (Å²) in [5.74, 6) is 0.937. The summed E-state index contributed by atoms with van der Waals surface area (Å²) >= 11 is 1.28. The van der Waals surface area contributed by atoms with Crippen LogP contribution in [0.5, 0.6) is 34.5 Å². The molecule has 0 unspecified atom stereocenters. The number of rotatable bonds is 14. The summed E-state index contributed by atoms with van der Waals surface area (Å²) in [4.78, 5) is 13.9. The van der Waals surface area contributed by atoms with Crippen LogP contribution >= 0.6 is 11.8 Å². The molecule has 0 saturated heterocycles. The molecule has 0 saturated carbocycles. The Labute approximate surface area is 266 Å². The first-order valence-electron chi connectivity index (χ1n) is 13.9. The van der Waals surface area contributed by atoms with E-state index in [0.717, 1.165) is 12.1 Å². The van der Waals surface area contributed by atoms with Gasteiger partial charge in [0.25, 0.3) is 11.1 Å². The maximum atomic E-state index is 14.1. The molecular weight excluding hydrogens is 626 g/mol. The minimum absolute atomic E-state index is 0.0151. The highest BCUT2D eigenvalue weighted by atomic mass is 32.2. The van der Waals surface area contributed by atoms with E-state index in [0.29, 0.717) is 47.2 Å². The lowest BCUT2D eigenvalue weighted by Crippen LogP contribution is -2.12. The van der Waals surface area contributed by atoms with Gasteiger partial charge >= 0.3 is 0 Å². The average Bonchev–Trinajstić information content (AvgIpc) is 3.53. The molecule has 0 bridgehead atoms. The molecule has 5 rings (SSSR count). The molecule has 0 spiro atoms. The van der Waals surface area contributed by atoms with Crippen molar-refractivity contribution in [2.24, 2.45) is 0 Å². The molecule has 0 atom stereocenters. The lowest BCUT2D eigenvalue weighted by Gasteiger charge is -2.17. The topological polar surface area (TPSA) is 125 Å². The Hall–Kier alpha value is -4.98. The van der Waals surface area contributed by atoms with E-state index in [1.165, 1.54) is 53.4 Å². The minimum atomic E-state index is -0.793. The molecule has 3 aromatic carbocycles. The van der Waals surface area contributed by atoms with Gasteiger partial charge in [-0.3, -0.25) is 4.79 Å². The monoisotopic (exact) mass is 656 g/mol. The van der Waals surface area contributed by atoms with Gasteiger partial charge in [-0.05, 0) is 37.1 Å². The Morgan fingerprint density at radius 1 is 0.783 bits per heavy atom. The number of halogens is 2. The van der Waals surface area contributed by atoms with Crippen LogP contribution in [0.2, 0.25) is 0 Å². The van der Waals surface area contributed by atoms with Crippen molar-refractivity contribution in [2.75, 3.05) is 47.9 Å². The van der Waals surface area contributed by atoms with Crippen LogP contribution in [0.1, 0.15) is 12.8 Å².